The maximum Gasteiger partial charge on any atom is 0.345 e. The van der Waals surface area contributed by atoms with Crippen molar-refractivity contribution >= 4 is 23.9 Å². The number of cyclic esters (lactones) is 4. The number of carbonyl (C=O) groups is 4. The summed E-state index contributed by atoms with van der Waals surface area (Å²) >= 11 is 0. The number of unbranched alkanes of at least 4 members (excludes halogenated alkanes) is 3. The Balaban J connectivity index is 1.77. The van der Waals surface area contributed by atoms with Gasteiger partial charge in [0.25, 0.3) is 0 Å². The van der Waals surface area contributed by atoms with Gasteiger partial charge in [-0.25, -0.2) is 19.2 Å². The molecule has 3 aliphatic heterocycles. The van der Waals surface area contributed by atoms with Crippen LogP contribution in [0.15, 0.2) is 34.4 Å². The van der Waals surface area contributed by atoms with E-state index in [-0.39, 0.29) is 42.4 Å². The lowest BCUT2D eigenvalue weighted by Gasteiger charge is -2.31. The molecule has 4 aliphatic rings. The van der Waals surface area contributed by atoms with Gasteiger partial charge in [0.15, 0.2) is 0 Å². The molecule has 11 heteroatoms. The van der Waals surface area contributed by atoms with E-state index in [0.29, 0.717) is 6.42 Å². The Morgan fingerprint density at radius 2 is 1.70 bits per heavy atom. The molecular weight excluding hydrogens is 488 g/mol. The summed E-state index contributed by atoms with van der Waals surface area (Å²) in [5.74, 6) is -6.05. The first-order chi connectivity index (χ1) is 17.6. The molecule has 0 aromatic carbocycles. The molecule has 0 aromatic rings. The van der Waals surface area contributed by atoms with Crippen LogP contribution in [0.4, 0.5) is 0 Å². The van der Waals surface area contributed by atoms with E-state index in [2.05, 4.69) is 0 Å². The third-order valence-corrected chi connectivity index (χ3v) is 7.50. The second kappa shape index (κ2) is 11.3. The van der Waals surface area contributed by atoms with Crippen LogP contribution in [0.2, 0.25) is 0 Å². The fourth-order valence-corrected chi connectivity index (χ4v) is 5.59. The van der Waals surface area contributed by atoms with Crippen LogP contribution in [-0.2, 0) is 33.4 Å². The highest BCUT2D eigenvalue weighted by Gasteiger charge is 2.51. The fourth-order valence-electron chi connectivity index (χ4n) is 5.59. The molecular formula is C26H32O11. The molecule has 0 radical (unpaired) electrons. The summed E-state index contributed by atoms with van der Waals surface area (Å²) in [6, 6.07) is 0. The van der Waals surface area contributed by atoms with Crippen LogP contribution in [-0.4, -0.2) is 75.0 Å². The SMILES string of the molecule is CCCCCC[C@@H](O)[C@@H]1C2=C(C[C@H]([C@H](O)[C@@H]3CC=CC(=O)O3)CC3=C(C(=O)OC3=O)[C@@H]1O)C(O)OC2=O. The number of esters is 4. The third-order valence-electron chi connectivity index (χ3n) is 7.50. The van der Waals surface area contributed by atoms with E-state index in [1.165, 1.54) is 12.2 Å². The number of hydrogen-bond acceptors (Lipinski definition) is 11. The van der Waals surface area contributed by atoms with E-state index < -0.39 is 72.0 Å². The van der Waals surface area contributed by atoms with Crippen LogP contribution in [0, 0.1) is 11.8 Å². The molecule has 202 valence electrons. The number of carbonyl (C=O) groups excluding carboxylic acids is 4. The van der Waals surface area contributed by atoms with Crippen molar-refractivity contribution in [2.24, 2.45) is 11.8 Å². The van der Waals surface area contributed by atoms with E-state index in [4.69, 9.17) is 14.2 Å². The first-order valence-corrected chi connectivity index (χ1v) is 12.7. The Morgan fingerprint density at radius 1 is 0.946 bits per heavy atom. The minimum atomic E-state index is -1.80. The lowest BCUT2D eigenvalue weighted by atomic mass is 9.80. The second-order valence-corrected chi connectivity index (χ2v) is 9.93. The molecule has 4 rings (SSSR count). The molecule has 3 heterocycles. The van der Waals surface area contributed by atoms with Gasteiger partial charge in [-0.1, -0.05) is 38.7 Å². The predicted molar refractivity (Wildman–Crippen MR) is 124 cm³/mol. The largest absolute Gasteiger partial charge is 0.456 e. The lowest BCUT2D eigenvalue weighted by Crippen LogP contribution is -2.39. The van der Waals surface area contributed by atoms with Gasteiger partial charge in [0.05, 0.1) is 35.0 Å². The third kappa shape index (κ3) is 5.40. The first kappa shape index (κ1) is 27.2. The van der Waals surface area contributed by atoms with Crippen molar-refractivity contribution in [1.29, 1.82) is 0 Å². The highest BCUT2D eigenvalue weighted by molar-refractivity contribution is 6.13. The summed E-state index contributed by atoms with van der Waals surface area (Å²) in [5, 5.41) is 44.2. The van der Waals surface area contributed by atoms with Gasteiger partial charge in [0.2, 0.25) is 6.29 Å². The monoisotopic (exact) mass is 520 g/mol. The van der Waals surface area contributed by atoms with Crippen molar-refractivity contribution in [1.82, 2.24) is 0 Å². The molecule has 0 spiro atoms. The predicted octanol–water partition coefficient (Wildman–Crippen LogP) is 0.489. The summed E-state index contributed by atoms with van der Waals surface area (Å²) < 4.78 is 15.0. The van der Waals surface area contributed by atoms with Gasteiger partial charge in [-0.2, -0.15) is 0 Å². The number of ether oxygens (including phenoxy) is 3. The van der Waals surface area contributed by atoms with Crippen molar-refractivity contribution in [3.8, 4) is 0 Å². The summed E-state index contributed by atoms with van der Waals surface area (Å²) in [4.78, 5) is 49.9. The van der Waals surface area contributed by atoms with Gasteiger partial charge in [-0.3, -0.25) is 0 Å². The number of aliphatic hydroxyl groups is 4. The molecule has 1 aliphatic carbocycles. The average Bonchev–Trinajstić information content (AvgIpc) is 3.30. The molecule has 37 heavy (non-hydrogen) atoms. The number of aliphatic hydroxyl groups excluding tert-OH is 4. The molecule has 0 saturated carbocycles. The summed E-state index contributed by atoms with van der Waals surface area (Å²) in [6.07, 6.45) is -1.25. The summed E-state index contributed by atoms with van der Waals surface area (Å²) in [5.41, 5.74) is -0.748. The zero-order chi connectivity index (χ0) is 26.9. The van der Waals surface area contributed by atoms with E-state index in [1.807, 2.05) is 6.92 Å². The van der Waals surface area contributed by atoms with E-state index >= 15 is 0 Å². The molecule has 11 nitrogen and oxygen atoms in total. The second-order valence-electron chi connectivity index (χ2n) is 9.93. The smallest absolute Gasteiger partial charge is 0.345 e. The zero-order valence-corrected chi connectivity index (χ0v) is 20.5. The van der Waals surface area contributed by atoms with Crippen LogP contribution in [0.25, 0.3) is 0 Å². The topological polar surface area (TPSA) is 177 Å². The Labute approximate surface area is 213 Å². The van der Waals surface area contributed by atoms with Crippen molar-refractivity contribution < 1.29 is 53.8 Å². The van der Waals surface area contributed by atoms with Crippen LogP contribution in [0.1, 0.15) is 58.3 Å². The minimum absolute atomic E-state index is 0.0328. The molecule has 0 bridgehead atoms. The van der Waals surface area contributed by atoms with E-state index in [1.54, 1.807) is 0 Å². The van der Waals surface area contributed by atoms with Crippen LogP contribution >= 0.6 is 0 Å². The van der Waals surface area contributed by atoms with E-state index in [9.17, 15) is 39.6 Å². The Morgan fingerprint density at radius 3 is 2.41 bits per heavy atom. The highest BCUT2D eigenvalue weighted by Crippen LogP contribution is 2.44. The lowest BCUT2D eigenvalue weighted by molar-refractivity contribution is -0.155. The molecule has 0 fully saturated rings. The molecule has 0 aromatic heterocycles. The molecule has 4 N–H and O–H groups in total. The van der Waals surface area contributed by atoms with Crippen molar-refractivity contribution in [2.45, 2.75) is 89.0 Å². The molecule has 1 unspecified atom stereocenters. The Kier molecular flexibility index (Phi) is 8.27. The van der Waals surface area contributed by atoms with Gasteiger partial charge in [0, 0.05) is 24.0 Å². The van der Waals surface area contributed by atoms with Crippen LogP contribution in [0.5, 0.6) is 0 Å². The molecule has 0 saturated heterocycles. The molecule has 7 atom stereocenters. The Bertz CT molecular complexity index is 1050. The van der Waals surface area contributed by atoms with Crippen molar-refractivity contribution in [2.75, 3.05) is 0 Å². The standard InChI is InChI=1S/C26H32O11/c1-2-3-4-5-7-15(27)20-18-13(23(31)36-25(18)33)10-12(21(29)16-8-6-9-17(28)35-16)11-14-19(22(20)30)26(34)37-24(14)32/h6,9,12,15-16,20-23,27,29-31H,2-5,7-8,10-11H2,1H3/t12-,15+,16-,20+,21-,22-,23?/m0/s1. The Hall–Kier alpha value is -2.86. The summed E-state index contributed by atoms with van der Waals surface area (Å²) in [7, 11) is 0. The summed E-state index contributed by atoms with van der Waals surface area (Å²) in [6.45, 7) is 2.03. The minimum Gasteiger partial charge on any atom is -0.456 e. The number of hydrogen-bond donors (Lipinski definition) is 4. The van der Waals surface area contributed by atoms with Crippen molar-refractivity contribution in [3.63, 3.8) is 0 Å². The van der Waals surface area contributed by atoms with Gasteiger partial charge < -0.3 is 34.6 Å². The van der Waals surface area contributed by atoms with E-state index in [0.717, 1.165) is 19.3 Å². The highest BCUT2D eigenvalue weighted by atomic mass is 16.6. The van der Waals surface area contributed by atoms with Gasteiger partial charge >= 0.3 is 23.9 Å². The molecule has 0 amide bonds. The van der Waals surface area contributed by atoms with Gasteiger partial charge in [0.1, 0.15) is 6.10 Å². The van der Waals surface area contributed by atoms with Gasteiger partial charge in [-0.05, 0) is 25.2 Å². The normalized spacial score (nSPS) is 31.6. The van der Waals surface area contributed by atoms with Gasteiger partial charge in [-0.15, -0.1) is 0 Å². The first-order valence-electron chi connectivity index (χ1n) is 12.7. The fraction of sp³-hybridized carbons (Fsp3) is 0.615. The average molecular weight is 521 g/mol. The maximum atomic E-state index is 12.9. The quantitative estimate of drug-likeness (QED) is 0.152. The maximum absolute atomic E-state index is 12.9. The van der Waals surface area contributed by atoms with Crippen LogP contribution < -0.4 is 0 Å². The van der Waals surface area contributed by atoms with Crippen molar-refractivity contribution in [3.05, 3.63) is 34.4 Å². The number of rotatable bonds is 8. The zero-order valence-electron chi connectivity index (χ0n) is 20.5. The van der Waals surface area contributed by atoms with Crippen LogP contribution in [0.3, 0.4) is 0 Å².